The third kappa shape index (κ3) is 3.45. The average molecular weight is 361 g/mol. The Balaban J connectivity index is 1.67. The summed E-state index contributed by atoms with van der Waals surface area (Å²) in [6.45, 7) is 4.84. The second kappa shape index (κ2) is 7.27. The first-order chi connectivity index (χ1) is 13.2. The van der Waals surface area contributed by atoms with Crippen LogP contribution >= 0.6 is 0 Å². The van der Waals surface area contributed by atoms with Crippen molar-refractivity contribution in [3.05, 3.63) is 71.4 Å². The van der Waals surface area contributed by atoms with E-state index in [2.05, 4.69) is 17.3 Å². The van der Waals surface area contributed by atoms with Gasteiger partial charge in [-0.25, -0.2) is 4.68 Å². The van der Waals surface area contributed by atoms with Crippen LogP contribution in [0.25, 0.3) is 5.69 Å². The topological polar surface area (TPSA) is 56.1 Å². The molecule has 5 heteroatoms. The second-order valence-electron chi connectivity index (χ2n) is 6.92. The Morgan fingerprint density at radius 1 is 1.15 bits per heavy atom. The first-order valence-electron chi connectivity index (χ1n) is 9.33. The number of hydrogen-bond donors (Lipinski definition) is 1. The van der Waals surface area contributed by atoms with Gasteiger partial charge in [0, 0.05) is 17.9 Å². The zero-order valence-corrected chi connectivity index (χ0v) is 15.6. The first-order valence-corrected chi connectivity index (χ1v) is 9.33. The van der Waals surface area contributed by atoms with Gasteiger partial charge in [-0.2, -0.15) is 5.10 Å². The molecule has 4 rings (SSSR count). The summed E-state index contributed by atoms with van der Waals surface area (Å²) in [5, 5.41) is 7.54. The van der Waals surface area contributed by atoms with E-state index in [4.69, 9.17) is 4.74 Å². The van der Waals surface area contributed by atoms with Gasteiger partial charge in [-0.15, -0.1) is 0 Å². The molecule has 0 aliphatic carbocycles. The Hall–Kier alpha value is -3.08. The number of benzene rings is 2. The number of carbonyl (C=O) groups excluding carboxylic acids is 1. The van der Waals surface area contributed by atoms with E-state index < -0.39 is 0 Å². The fraction of sp³-hybridized carbons (Fsp3) is 0.273. The number of amides is 1. The largest absolute Gasteiger partial charge is 0.494 e. The van der Waals surface area contributed by atoms with Gasteiger partial charge < -0.3 is 10.1 Å². The van der Waals surface area contributed by atoms with Crippen molar-refractivity contribution in [3.8, 4) is 11.4 Å². The number of carbonyl (C=O) groups is 1. The van der Waals surface area contributed by atoms with Crippen LogP contribution in [0.4, 0.5) is 5.82 Å². The highest BCUT2D eigenvalue weighted by Crippen LogP contribution is 2.38. The van der Waals surface area contributed by atoms with Crippen LogP contribution in [0.3, 0.4) is 0 Å². The molecule has 1 N–H and O–H groups in total. The molecular weight excluding hydrogens is 338 g/mol. The maximum atomic E-state index is 12.4. The second-order valence-corrected chi connectivity index (χ2v) is 6.92. The number of aromatic nitrogens is 2. The van der Waals surface area contributed by atoms with Crippen molar-refractivity contribution in [2.75, 3.05) is 11.9 Å². The summed E-state index contributed by atoms with van der Waals surface area (Å²) in [6.07, 6.45) is 3.26. The van der Waals surface area contributed by atoms with Gasteiger partial charge in [-0.3, -0.25) is 4.79 Å². The molecule has 5 nitrogen and oxygen atoms in total. The number of hydrogen-bond acceptors (Lipinski definition) is 3. The molecule has 27 heavy (non-hydrogen) atoms. The van der Waals surface area contributed by atoms with E-state index in [0.29, 0.717) is 13.0 Å². The quantitative estimate of drug-likeness (QED) is 0.731. The van der Waals surface area contributed by atoms with Gasteiger partial charge in [0.25, 0.3) is 0 Å². The minimum atomic E-state index is -0.00632. The van der Waals surface area contributed by atoms with Crippen LogP contribution in [-0.2, 0) is 4.79 Å². The van der Waals surface area contributed by atoms with Crippen LogP contribution in [0.1, 0.15) is 42.4 Å². The van der Waals surface area contributed by atoms with Gasteiger partial charge in [-0.05, 0) is 43.2 Å². The molecule has 138 valence electrons. The van der Waals surface area contributed by atoms with Crippen molar-refractivity contribution < 1.29 is 9.53 Å². The number of fused-ring (bicyclic) bond motifs is 1. The Labute approximate surface area is 159 Å². The molecular formula is C22H23N3O2. The number of aryl methyl sites for hydroxylation is 1. The minimum absolute atomic E-state index is 0.00632. The predicted molar refractivity (Wildman–Crippen MR) is 106 cm³/mol. The molecule has 2 heterocycles. The number of nitrogens with zero attached hydrogens (tertiary/aromatic N) is 2. The van der Waals surface area contributed by atoms with Crippen molar-refractivity contribution in [2.24, 2.45) is 0 Å². The standard InChI is InChI=1S/C22H23N3O2/c1-3-12-27-18-10-6-16(7-11-18)19-13-21(26)24-22-20(19)14-23-25(22)17-8-4-15(2)5-9-17/h4-11,14,19H,3,12-13H2,1-2H3,(H,24,26)/t19-/m1/s1. The first kappa shape index (κ1) is 17.3. The van der Waals surface area contributed by atoms with Gasteiger partial charge in [0.1, 0.15) is 11.6 Å². The van der Waals surface area contributed by atoms with Crippen LogP contribution < -0.4 is 10.1 Å². The number of nitrogens with one attached hydrogen (secondary N) is 1. The van der Waals surface area contributed by atoms with E-state index in [0.717, 1.165) is 34.8 Å². The molecule has 1 aliphatic heterocycles. The fourth-order valence-corrected chi connectivity index (χ4v) is 3.42. The normalized spacial score (nSPS) is 15.9. The van der Waals surface area contributed by atoms with E-state index in [1.54, 1.807) is 4.68 Å². The monoisotopic (exact) mass is 361 g/mol. The van der Waals surface area contributed by atoms with Crippen molar-refractivity contribution in [1.29, 1.82) is 0 Å². The zero-order chi connectivity index (χ0) is 18.8. The van der Waals surface area contributed by atoms with Crippen LogP contribution in [-0.4, -0.2) is 22.3 Å². The lowest BCUT2D eigenvalue weighted by molar-refractivity contribution is -0.116. The minimum Gasteiger partial charge on any atom is -0.494 e. The molecule has 0 bridgehead atoms. The maximum absolute atomic E-state index is 12.4. The Bertz CT molecular complexity index is 943. The van der Waals surface area contributed by atoms with E-state index >= 15 is 0 Å². The molecule has 0 saturated heterocycles. The molecule has 1 amide bonds. The summed E-state index contributed by atoms with van der Waals surface area (Å²) in [7, 11) is 0. The smallest absolute Gasteiger partial charge is 0.226 e. The van der Waals surface area contributed by atoms with Gasteiger partial charge in [-0.1, -0.05) is 36.8 Å². The average Bonchev–Trinajstić information content (AvgIpc) is 3.10. The lowest BCUT2D eigenvalue weighted by Crippen LogP contribution is -2.24. The highest BCUT2D eigenvalue weighted by molar-refractivity contribution is 5.94. The Kier molecular flexibility index (Phi) is 4.67. The summed E-state index contributed by atoms with van der Waals surface area (Å²) in [5.74, 6) is 1.61. The Morgan fingerprint density at radius 3 is 2.59 bits per heavy atom. The van der Waals surface area contributed by atoms with E-state index in [1.165, 1.54) is 5.56 Å². The van der Waals surface area contributed by atoms with Crippen molar-refractivity contribution >= 4 is 11.7 Å². The number of rotatable bonds is 5. The predicted octanol–water partition coefficient (Wildman–Crippen LogP) is 4.44. The van der Waals surface area contributed by atoms with Crippen molar-refractivity contribution in [2.45, 2.75) is 32.6 Å². The summed E-state index contributed by atoms with van der Waals surface area (Å²) >= 11 is 0. The van der Waals surface area contributed by atoms with Crippen LogP contribution in [0.15, 0.2) is 54.7 Å². The van der Waals surface area contributed by atoms with Gasteiger partial charge in [0.15, 0.2) is 0 Å². The summed E-state index contributed by atoms with van der Waals surface area (Å²) in [4.78, 5) is 12.4. The van der Waals surface area contributed by atoms with Gasteiger partial charge >= 0.3 is 0 Å². The lowest BCUT2D eigenvalue weighted by atomic mass is 9.87. The molecule has 0 radical (unpaired) electrons. The molecule has 0 spiro atoms. The summed E-state index contributed by atoms with van der Waals surface area (Å²) < 4.78 is 7.47. The van der Waals surface area contributed by atoms with Crippen LogP contribution in [0, 0.1) is 6.92 Å². The Morgan fingerprint density at radius 2 is 1.89 bits per heavy atom. The van der Waals surface area contributed by atoms with Gasteiger partial charge in [0.05, 0.1) is 18.5 Å². The van der Waals surface area contributed by atoms with E-state index in [-0.39, 0.29) is 11.8 Å². The molecule has 0 fully saturated rings. The molecule has 0 unspecified atom stereocenters. The third-order valence-corrected chi connectivity index (χ3v) is 4.85. The molecule has 1 atom stereocenters. The van der Waals surface area contributed by atoms with Crippen LogP contribution in [0.5, 0.6) is 5.75 Å². The molecule has 1 aromatic heterocycles. The summed E-state index contributed by atoms with van der Waals surface area (Å²) in [6, 6.07) is 16.1. The summed E-state index contributed by atoms with van der Waals surface area (Å²) in [5.41, 5.74) is 4.26. The number of anilines is 1. The third-order valence-electron chi connectivity index (χ3n) is 4.85. The van der Waals surface area contributed by atoms with Gasteiger partial charge in [0.2, 0.25) is 5.91 Å². The fourth-order valence-electron chi connectivity index (χ4n) is 3.42. The van der Waals surface area contributed by atoms with Crippen molar-refractivity contribution in [1.82, 2.24) is 9.78 Å². The SMILES string of the molecule is CCCOc1ccc([C@H]2CC(=O)Nc3c2cnn3-c2ccc(C)cc2)cc1. The molecule has 2 aromatic carbocycles. The van der Waals surface area contributed by atoms with E-state index in [9.17, 15) is 4.79 Å². The molecule has 3 aromatic rings. The lowest BCUT2D eigenvalue weighted by Gasteiger charge is -2.24. The van der Waals surface area contributed by atoms with Crippen LogP contribution in [0.2, 0.25) is 0 Å². The highest BCUT2D eigenvalue weighted by Gasteiger charge is 2.30. The number of ether oxygens (including phenoxy) is 1. The molecule has 1 aliphatic rings. The maximum Gasteiger partial charge on any atom is 0.226 e. The highest BCUT2D eigenvalue weighted by atomic mass is 16.5. The molecule has 0 saturated carbocycles. The van der Waals surface area contributed by atoms with Crippen molar-refractivity contribution in [3.63, 3.8) is 0 Å². The van der Waals surface area contributed by atoms with E-state index in [1.807, 2.05) is 61.7 Å². The zero-order valence-electron chi connectivity index (χ0n) is 15.6.